The molecule has 6 heteroatoms. The highest BCUT2D eigenvalue weighted by Crippen LogP contribution is 2.36. The largest absolute Gasteiger partial charge is 0.497 e. The number of ether oxygens (including phenoxy) is 2. The van der Waals surface area contributed by atoms with Crippen LogP contribution in [0.4, 0.5) is 0 Å². The predicted octanol–water partition coefficient (Wildman–Crippen LogP) is 3.17. The first kappa shape index (κ1) is 22.9. The first-order chi connectivity index (χ1) is 14.6. The smallest absolute Gasteiger partial charge is 0.191 e. The van der Waals surface area contributed by atoms with E-state index >= 15 is 0 Å². The maximum Gasteiger partial charge on any atom is 0.191 e. The number of benzene rings is 1. The van der Waals surface area contributed by atoms with Gasteiger partial charge in [0.05, 0.1) is 13.7 Å². The van der Waals surface area contributed by atoms with Crippen LogP contribution in [0.15, 0.2) is 29.3 Å². The monoisotopic (exact) mass is 416 g/mol. The Morgan fingerprint density at radius 2 is 1.87 bits per heavy atom. The molecule has 2 aliphatic rings. The molecule has 0 spiro atoms. The van der Waals surface area contributed by atoms with Crippen LogP contribution in [0.3, 0.4) is 0 Å². The molecule has 0 atom stereocenters. The number of rotatable bonds is 7. The Kier molecular flexibility index (Phi) is 8.40. The SMILES string of the molecule is CCNC(=NCC1(c2ccc(OC)cc2)CCOCC1)NC1CCN(C(C)C)CC1. The van der Waals surface area contributed by atoms with Crippen molar-refractivity contribution in [1.82, 2.24) is 15.5 Å². The lowest BCUT2D eigenvalue weighted by Crippen LogP contribution is -2.50. The third kappa shape index (κ3) is 5.88. The van der Waals surface area contributed by atoms with Crippen LogP contribution in [0.1, 0.15) is 52.0 Å². The van der Waals surface area contributed by atoms with Crippen LogP contribution >= 0.6 is 0 Å². The third-order valence-corrected chi connectivity index (χ3v) is 6.64. The number of guanidine groups is 1. The van der Waals surface area contributed by atoms with Crippen molar-refractivity contribution >= 4 is 5.96 Å². The van der Waals surface area contributed by atoms with Crippen molar-refractivity contribution in [3.05, 3.63) is 29.8 Å². The zero-order valence-corrected chi connectivity index (χ0v) is 19.2. The van der Waals surface area contributed by atoms with E-state index in [1.165, 1.54) is 18.4 Å². The van der Waals surface area contributed by atoms with Crippen molar-refractivity contribution in [1.29, 1.82) is 0 Å². The molecule has 2 aliphatic heterocycles. The van der Waals surface area contributed by atoms with Gasteiger partial charge in [0.25, 0.3) is 0 Å². The number of methoxy groups -OCH3 is 1. The van der Waals surface area contributed by atoms with Gasteiger partial charge in [-0.3, -0.25) is 4.99 Å². The minimum atomic E-state index is 0.0217. The van der Waals surface area contributed by atoms with Gasteiger partial charge >= 0.3 is 0 Å². The fraction of sp³-hybridized carbons (Fsp3) is 0.708. The van der Waals surface area contributed by atoms with E-state index < -0.39 is 0 Å². The highest BCUT2D eigenvalue weighted by Gasteiger charge is 2.34. The van der Waals surface area contributed by atoms with Crippen LogP contribution in [0.2, 0.25) is 0 Å². The maximum atomic E-state index is 5.69. The number of likely N-dealkylation sites (tertiary alicyclic amines) is 1. The average Bonchev–Trinajstić information content (AvgIpc) is 2.79. The second-order valence-electron chi connectivity index (χ2n) is 8.86. The first-order valence-corrected chi connectivity index (χ1v) is 11.6. The molecule has 0 amide bonds. The van der Waals surface area contributed by atoms with Crippen LogP contribution in [0.5, 0.6) is 5.75 Å². The number of hydrogen-bond acceptors (Lipinski definition) is 4. The first-order valence-electron chi connectivity index (χ1n) is 11.6. The van der Waals surface area contributed by atoms with E-state index in [9.17, 15) is 0 Å². The van der Waals surface area contributed by atoms with Crippen LogP contribution in [-0.2, 0) is 10.2 Å². The number of aliphatic imine (C=N–C) groups is 1. The highest BCUT2D eigenvalue weighted by atomic mass is 16.5. The standard InChI is InChI=1S/C24H40N4O2/c1-5-25-23(27-21-10-14-28(15-11-21)19(2)3)26-18-24(12-16-30-17-13-24)20-6-8-22(29-4)9-7-20/h6-9,19,21H,5,10-18H2,1-4H3,(H2,25,26,27). The molecule has 2 fully saturated rings. The Morgan fingerprint density at radius 1 is 1.20 bits per heavy atom. The van der Waals surface area contributed by atoms with E-state index in [0.717, 1.165) is 63.9 Å². The molecule has 0 aliphatic carbocycles. The summed E-state index contributed by atoms with van der Waals surface area (Å²) in [5.41, 5.74) is 1.35. The van der Waals surface area contributed by atoms with Gasteiger partial charge in [-0.15, -0.1) is 0 Å². The van der Waals surface area contributed by atoms with Gasteiger partial charge in [0.1, 0.15) is 5.75 Å². The molecule has 0 saturated carbocycles. The van der Waals surface area contributed by atoms with Crippen LogP contribution in [0.25, 0.3) is 0 Å². The maximum absolute atomic E-state index is 5.69. The average molecular weight is 417 g/mol. The molecule has 1 aromatic carbocycles. The molecule has 0 unspecified atom stereocenters. The quantitative estimate of drug-likeness (QED) is 0.528. The fourth-order valence-corrected chi connectivity index (χ4v) is 4.55. The summed E-state index contributed by atoms with van der Waals surface area (Å²) in [4.78, 5) is 7.63. The van der Waals surface area contributed by atoms with Gasteiger partial charge in [0.15, 0.2) is 5.96 Å². The summed E-state index contributed by atoms with van der Waals surface area (Å²) in [6, 6.07) is 9.63. The molecule has 2 saturated heterocycles. The number of hydrogen-bond donors (Lipinski definition) is 2. The van der Waals surface area contributed by atoms with E-state index in [-0.39, 0.29) is 5.41 Å². The lowest BCUT2D eigenvalue weighted by molar-refractivity contribution is 0.0530. The van der Waals surface area contributed by atoms with E-state index in [2.05, 4.69) is 60.6 Å². The molecule has 0 radical (unpaired) electrons. The lowest BCUT2D eigenvalue weighted by Gasteiger charge is -2.37. The molecule has 6 nitrogen and oxygen atoms in total. The number of piperidine rings is 1. The number of nitrogens with one attached hydrogen (secondary N) is 2. The summed E-state index contributed by atoms with van der Waals surface area (Å²) in [7, 11) is 1.71. The zero-order chi connectivity index (χ0) is 21.4. The van der Waals surface area contributed by atoms with Crippen molar-refractivity contribution < 1.29 is 9.47 Å². The molecular weight excluding hydrogens is 376 g/mol. The van der Waals surface area contributed by atoms with Crippen molar-refractivity contribution in [3.8, 4) is 5.75 Å². The number of nitrogens with zero attached hydrogens (tertiary/aromatic N) is 2. The van der Waals surface area contributed by atoms with E-state index in [0.29, 0.717) is 12.1 Å². The second-order valence-corrected chi connectivity index (χ2v) is 8.86. The van der Waals surface area contributed by atoms with E-state index in [1.54, 1.807) is 7.11 Å². The topological polar surface area (TPSA) is 58.1 Å². The molecule has 30 heavy (non-hydrogen) atoms. The summed E-state index contributed by atoms with van der Waals surface area (Å²) >= 11 is 0. The summed E-state index contributed by atoms with van der Waals surface area (Å²) in [5.74, 6) is 1.84. The second kappa shape index (κ2) is 11.0. The third-order valence-electron chi connectivity index (χ3n) is 6.64. The summed E-state index contributed by atoms with van der Waals surface area (Å²) in [6.07, 6.45) is 4.32. The van der Waals surface area contributed by atoms with Crippen LogP contribution in [0, 0.1) is 0 Å². The van der Waals surface area contributed by atoms with Crippen LogP contribution in [-0.4, -0.2) is 69.4 Å². The molecule has 1 aromatic rings. The van der Waals surface area contributed by atoms with Crippen molar-refractivity contribution in [2.45, 2.75) is 64.0 Å². The van der Waals surface area contributed by atoms with Gasteiger partial charge in [-0.05, 0) is 64.2 Å². The molecule has 168 valence electrons. The molecular formula is C24H40N4O2. The van der Waals surface area contributed by atoms with E-state index in [1.807, 2.05) is 0 Å². The van der Waals surface area contributed by atoms with Gasteiger partial charge in [0, 0.05) is 50.3 Å². The van der Waals surface area contributed by atoms with Gasteiger partial charge in [-0.2, -0.15) is 0 Å². The van der Waals surface area contributed by atoms with Gasteiger partial charge in [-0.1, -0.05) is 12.1 Å². The Labute approximate surface area is 182 Å². The Bertz CT molecular complexity index is 660. The van der Waals surface area contributed by atoms with Gasteiger partial charge < -0.3 is 25.0 Å². The van der Waals surface area contributed by atoms with Gasteiger partial charge in [-0.25, -0.2) is 0 Å². The molecule has 2 heterocycles. The summed E-state index contributed by atoms with van der Waals surface area (Å²) in [5, 5.41) is 7.17. The van der Waals surface area contributed by atoms with Crippen molar-refractivity contribution in [2.75, 3.05) is 46.5 Å². The fourth-order valence-electron chi connectivity index (χ4n) is 4.55. The molecule has 2 N–H and O–H groups in total. The van der Waals surface area contributed by atoms with Crippen molar-refractivity contribution in [3.63, 3.8) is 0 Å². The molecule has 3 rings (SSSR count). The minimum Gasteiger partial charge on any atom is -0.497 e. The molecule has 0 bridgehead atoms. The normalized spacial score (nSPS) is 20.9. The lowest BCUT2D eigenvalue weighted by atomic mass is 9.74. The summed E-state index contributed by atoms with van der Waals surface area (Å²) in [6.45, 7) is 12.2. The van der Waals surface area contributed by atoms with Crippen LogP contribution < -0.4 is 15.4 Å². The zero-order valence-electron chi connectivity index (χ0n) is 19.2. The summed E-state index contributed by atoms with van der Waals surface area (Å²) < 4.78 is 11.0. The Morgan fingerprint density at radius 3 is 2.43 bits per heavy atom. The highest BCUT2D eigenvalue weighted by molar-refractivity contribution is 5.80. The Balaban J connectivity index is 1.69. The predicted molar refractivity (Wildman–Crippen MR) is 124 cm³/mol. The van der Waals surface area contributed by atoms with Crippen molar-refractivity contribution in [2.24, 2.45) is 4.99 Å². The van der Waals surface area contributed by atoms with E-state index in [4.69, 9.17) is 14.5 Å². The molecule has 0 aromatic heterocycles. The van der Waals surface area contributed by atoms with Gasteiger partial charge in [0.2, 0.25) is 0 Å². The minimum absolute atomic E-state index is 0.0217. The Hall–Kier alpha value is -1.79.